The fourth-order valence-corrected chi connectivity index (χ4v) is 2.46. The quantitative estimate of drug-likeness (QED) is 0.672. The average molecular weight is 292 g/mol. The second-order valence-electron chi connectivity index (χ2n) is 5.77. The number of rotatable bonds is 10. The van der Waals surface area contributed by atoms with E-state index in [1.807, 2.05) is 0 Å². The van der Waals surface area contributed by atoms with Crippen LogP contribution in [0.5, 0.6) is 0 Å². The molecule has 0 radical (unpaired) electrons. The molecule has 0 saturated heterocycles. The van der Waals surface area contributed by atoms with E-state index < -0.39 is 0 Å². The molecule has 0 fully saturated rings. The molecule has 4 nitrogen and oxygen atoms in total. The van der Waals surface area contributed by atoms with Gasteiger partial charge in [0.2, 0.25) is 0 Å². The summed E-state index contributed by atoms with van der Waals surface area (Å²) in [5.41, 5.74) is 3.86. The summed E-state index contributed by atoms with van der Waals surface area (Å²) in [5, 5.41) is 3.48. The Labute approximate surface area is 130 Å². The number of hydrogen-bond donors (Lipinski definition) is 1. The number of nitrogens with one attached hydrogen (secondary N) is 1. The SMILES string of the molecule is CCCNCCc1c(CC)nc(CCN(C)C)nc1CC. The summed E-state index contributed by atoms with van der Waals surface area (Å²) in [6.45, 7) is 9.70. The maximum atomic E-state index is 4.81. The van der Waals surface area contributed by atoms with E-state index in [1.165, 1.54) is 23.4 Å². The van der Waals surface area contributed by atoms with Gasteiger partial charge in [0, 0.05) is 24.4 Å². The third kappa shape index (κ3) is 6.10. The first kappa shape index (κ1) is 18.1. The highest BCUT2D eigenvalue weighted by molar-refractivity contribution is 5.27. The second-order valence-corrected chi connectivity index (χ2v) is 5.77. The number of likely N-dealkylation sites (N-methyl/N-ethyl adjacent to an activating group) is 1. The van der Waals surface area contributed by atoms with Gasteiger partial charge in [0.1, 0.15) is 5.82 Å². The van der Waals surface area contributed by atoms with Gasteiger partial charge in [0.05, 0.1) is 0 Å². The zero-order valence-corrected chi connectivity index (χ0v) is 14.5. The Balaban J connectivity index is 2.85. The summed E-state index contributed by atoms with van der Waals surface area (Å²) in [5.74, 6) is 1.00. The zero-order chi connectivity index (χ0) is 15.7. The van der Waals surface area contributed by atoms with Crippen LogP contribution in [0.2, 0.25) is 0 Å². The van der Waals surface area contributed by atoms with Crippen molar-refractivity contribution in [1.82, 2.24) is 20.2 Å². The molecule has 0 aliphatic rings. The summed E-state index contributed by atoms with van der Waals surface area (Å²) >= 11 is 0. The van der Waals surface area contributed by atoms with Crippen molar-refractivity contribution in [2.75, 3.05) is 33.7 Å². The lowest BCUT2D eigenvalue weighted by molar-refractivity contribution is 0.409. The highest BCUT2D eigenvalue weighted by Gasteiger charge is 2.12. The molecule has 21 heavy (non-hydrogen) atoms. The highest BCUT2D eigenvalue weighted by atomic mass is 15.1. The molecule has 1 heterocycles. The maximum Gasteiger partial charge on any atom is 0.130 e. The van der Waals surface area contributed by atoms with Gasteiger partial charge >= 0.3 is 0 Å². The van der Waals surface area contributed by atoms with Crippen LogP contribution in [0.1, 0.15) is 50.0 Å². The fourth-order valence-electron chi connectivity index (χ4n) is 2.46. The first-order valence-corrected chi connectivity index (χ1v) is 8.35. The molecule has 0 amide bonds. The molecule has 0 bridgehead atoms. The first-order valence-electron chi connectivity index (χ1n) is 8.35. The molecule has 0 aliphatic heterocycles. The summed E-state index contributed by atoms with van der Waals surface area (Å²) in [7, 11) is 4.18. The van der Waals surface area contributed by atoms with Gasteiger partial charge in [-0.15, -0.1) is 0 Å². The van der Waals surface area contributed by atoms with E-state index in [0.29, 0.717) is 0 Å². The van der Waals surface area contributed by atoms with Crippen molar-refractivity contribution in [3.05, 3.63) is 22.8 Å². The van der Waals surface area contributed by atoms with Crippen LogP contribution in [-0.2, 0) is 25.7 Å². The topological polar surface area (TPSA) is 41.1 Å². The van der Waals surface area contributed by atoms with Crippen molar-refractivity contribution in [3.8, 4) is 0 Å². The van der Waals surface area contributed by atoms with Crippen LogP contribution in [0.3, 0.4) is 0 Å². The van der Waals surface area contributed by atoms with Gasteiger partial charge in [-0.25, -0.2) is 9.97 Å². The fraction of sp³-hybridized carbons (Fsp3) is 0.765. The molecule has 1 N–H and O–H groups in total. The minimum atomic E-state index is 0.932. The number of aromatic nitrogens is 2. The van der Waals surface area contributed by atoms with E-state index in [1.54, 1.807) is 0 Å². The van der Waals surface area contributed by atoms with E-state index in [9.17, 15) is 0 Å². The Morgan fingerprint density at radius 2 is 1.52 bits per heavy atom. The van der Waals surface area contributed by atoms with Gasteiger partial charge in [-0.3, -0.25) is 0 Å². The molecular weight excluding hydrogens is 260 g/mol. The van der Waals surface area contributed by atoms with E-state index in [4.69, 9.17) is 9.97 Å². The third-order valence-corrected chi connectivity index (χ3v) is 3.66. The smallest absolute Gasteiger partial charge is 0.130 e. The number of aryl methyl sites for hydroxylation is 2. The van der Waals surface area contributed by atoms with Crippen molar-refractivity contribution >= 4 is 0 Å². The molecule has 0 atom stereocenters. The van der Waals surface area contributed by atoms with E-state index >= 15 is 0 Å². The van der Waals surface area contributed by atoms with Crippen LogP contribution in [-0.4, -0.2) is 48.6 Å². The Hall–Kier alpha value is -1.00. The van der Waals surface area contributed by atoms with Crippen LogP contribution < -0.4 is 5.32 Å². The van der Waals surface area contributed by atoms with E-state index in [0.717, 1.165) is 51.1 Å². The van der Waals surface area contributed by atoms with Crippen molar-refractivity contribution in [2.45, 2.75) is 52.9 Å². The van der Waals surface area contributed by atoms with Crippen LogP contribution >= 0.6 is 0 Å². The van der Waals surface area contributed by atoms with Gasteiger partial charge in [-0.2, -0.15) is 0 Å². The van der Waals surface area contributed by atoms with E-state index in [2.05, 4.69) is 45.1 Å². The summed E-state index contributed by atoms with van der Waals surface area (Å²) in [6.07, 6.45) is 5.14. The average Bonchev–Trinajstić information content (AvgIpc) is 2.49. The number of nitrogens with zero attached hydrogens (tertiary/aromatic N) is 3. The highest BCUT2D eigenvalue weighted by Crippen LogP contribution is 2.14. The normalized spacial score (nSPS) is 11.3. The van der Waals surface area contributed by atoms with Gasteiger partial charge in [0.25, 0.3) is 0 Å². The monoisotopic (exact) mass is 292 g/mol. The minimum absolute atomic E-state index is 0.932. The van der Waals surface area contributed by atoms with Crippen molar-refractivity contribution in [2.24, 2.45) is 0 Å². The van der Waals surface area contributed by atoms with Crippen LogP contribution in [0.4, 0.5) is 0 Å². The van der Waals surface area contributed by atoms with Gasteiger partial charge in [-0.1, -0.05) is 20.8 Å². The van der Waals surface area contributed by atoms with E-state index in [-0.39, 0.29) is 0 Å². The lowest BCUT2D eigenvalue weighted by Gasteiger charge is -2.15. The standard InChI is InChI=1S/C17H32N4/c1-6-11-18-12-9-14-15(7-2)19-17(10-13-21(4)5)20-16(14)8-3/h18H,6-13H2,1-5H3. The van der Waals surface area contributed by atoms with Crippen LogP contribution in [0.25, 0.3) is 0 Å². The van der Waals surface area contributed by atoms with Gasteiger partial charge in [-0.05, 0) is 58.4 Å². The minimum Gasteiger partial charge on any atom is -0.316 e. The van der Waals surface area contributed by atoms with Crippen molar-refractivity contribution in [1.29, 1.82) is 0 Å². The van der Waals surface area contributed by atoms with Gasteiger partial charge < -0.3 is 10.2 Å². The molecule has 0 spiro atoms. The zero-order valence-electron chi connectivity index (χ0n) is 14.5. The summed E-state index contributed by atoms with van der Waals surface area (Å²) in [4.78, 5) is 11.8. The predicted octanol–water partition coefficient (Wildman–Crippen LogP) is 2.25. The third-order valence-electron chi connectivity index (χ3n) is 3.66. The molecule has 0 aliphatic carbocycles. The Kier molecular flexibility index (Phi) is 8.47. The Bertz CT molecular complexity index is 390. The lowest BCUT2D eigenvalue weighted by atomic mass is 10.0. The first-order chi connectivity index (χ1) is 10.1. The molecule has 0 aromatic carbocycles. The molecule has 1 aromatic rings. The molecule has 0 unspecified atom stereocenters. The molecular formula is C17H32N4. The van der Waals surface area contributed by atoms with Gasteiger partial charge in [0.15, 0.2) is 0 Å². The Morgan fingerprint density at radius 3 is 2.00 bits per heavy atom. The summed E-state index contributed by atoms with van der Waals surface area (Å²) in [6, 6.07) is 0. The van der Waals surface area contributed by atoms with Crippen LogP contribution in [0, 0.1) is 0 Å². The maximum absolute atomic E-state index is 4.81. The Morgan fingerprint density at radius 1 is 0.905 bits per heavy atom. The molecule has 120 valence electrons. The predicted molar refractivity (Wildman–Crippen MR) is 89.9 cm³/mol. The second kappa shape index (κ2) is 9.85. The summed E-state index contributed by atoms with van der Waals surface area (Å²) < 4.78 is 0. The number of hydrogen-bond acceptors (Lipinski definition) is 4. The molecule has 4 heteroatoms. The lowest BCUT2D eigenvalue weighted by Crippen LogP contribution is -2.21. The molecule has 0 saturated carbocycles. The van der Waals surface area contributed by atoms with Crippen LogP contribution in [0.15, 0.2) is 0 Å². The molecule has 1 rings (SSSR count). The van der Waals surface area contributed by atoms with Crippen molar-refractivity contribution in [3.63, 3.8) is 0 Å². The molecule has 1 aromatic heterocycles. The largest absolute Gasteiger partial charge is 0.316 e. The van der Waals surface area contributed by atoms with Crippen molar-refractivity contribution < 1.29 is 0 Å².